The second-order valence-corrected chi connectivity index (χ2v) is 6.20. The summed E-state index contributed by atoms with van der Waals surface area (Å²) in [5, 5.41) is 0. The van der Waals surface area contributed by atoms with Gasteiger partial charge in [-0.2, -0.15) is 0 Å². The largest absolute Gasteiger partial charge is 0.324 e. The molecule has 2 rings (SSSR count). The molecule has 0 saturated heterocycles. The van der Waals surface area contributed by atoms with E-state index in [4.69, 9.17) is 5.73 Å². The van der Waals surface area contributed by atoms with Gasteiger partial charge in [-0.15, -0.1) is 0 Å². The van der Waals surface area contributed by atoms with Gasteiger partial charge in [-0.3, -0.25) is 0 Å². The van der Waals surface area contributed by atoms with E-state index in [0.717, 1.165) is 18.4 Å². The van der Waals surface area contributed by atoms with Crippen LogP contribution in [0.25, 0.3) is 0 Å². The van der Waals surface area contributed by atoms with E-state index in [1.54, 1.807) is 0 Å². The SMILES string of the molecule is CC1CCCC(N)(CN(C)CC2CC2)C1. The van der Waals surface area contributed by atoms with Crippen LogP contribution in [-0.4, -0.2) is 30.6 Å². The van der Waals surface area contributed by atoms with Crippen molar-refractivity contribution in [3.05, 3.63) is 0 Å². The van der Waals surface area contributed by atoms with Gasteiger partial charge in [0.1, 0.15) is 0 Å². The average molecular weight is 210 g/mol. The molecule has 2 aliphatic rings. The fourth-order valence-electron chi connectivity index (χ4n) is 3.19. The summed E-state index contributed by atoms with van der Waals surface area (Å²) in [6, 6.07) is 0. The summed E-state index contributed by atoms with van der Waals surface area (Å²) in [5.74, 6) is 1.82. The first-order valence-electron chi connectivity index (χ1n) is 6.55. The third-order valence-electron chi connectivity index (χ3n) is 3.98. The lowest BCUT2D eigenvalue weighted by Gasteiger charge is -2.39. The van der Waals surface area contributed by atoms with Crippen molar-refractivity contribution in [2.45, 2.75) is 51.0 Å². The molecular formula is C13H26N2. The van der Waals surface area contributed by atoms with E-state index < -0.39 is 0 Å². The zero-order chi connectivity index (χ0) is 10.9. The summed E-state index contributed by atoms with van der Waals surface area (Å²) >= 11 is 0. The topological polar surface area (TPSA) is 29.3 Å². The van der Waals surface area contributed by atoms with E-state index in [9.17, 15) is 0 Å². The van der Waals surface area contributed by atoms with Gasteiger partial charge in [0.25, 0.3) is 0 Å². The van der Waals surface area contributed by atoms with Crippen molar-refractivity contribution in [3.63, 3.8) is 0 Å². The minimum absolute atomic E-state index is 0.112. The van der Waals surface area contributed by atoms with E-state index >= 15 is 0 Å². The van der Waals surface area contributed by atoms with Crippen molar-refractivity contribution >= 4 is 0 Å². The van der Waals surface area contributed by atoms with Crippen molar-refractivity contribution in [2.24, 2.45) is 17.6 Å². The predicted molar refractivity (Wildman–Crippen MR) is 64.8 cm³/mol. The van der Waals surface area contributed by atoms with Crippen LogP contribution >= 0.6 is 0 Å². The molecule has 0 heterocycles. The predicted octanol–water partition coefficient (Wildman–Crippen LogP) is 2.24. The van der Waals surface area contributed by atoms with Crippen molar-refractivity contribution in [3.8, 4) is 0 Å². The van der Waals surface area contributed by atoms with E-state index in [-0.39, 0.29) is 5.54 Å². The van der Waals surface area contributed by atoms with Crippen molar-refractivity contribution in [1.82, 2.24) is 4.90 Å². The second kappa shape index (κ2) is 4.42. The molecule has 0 spiro atoms. The summed E-state index contributed by atoms with van der Waals surface area (Å²) in [4.78, 5) is 2.47. The molecule has 2 saturated carbocycles. The normalized spacial score (nSPS) is 37.2. The van der Waals surface area contributed by atoms with E-state index in [1.807, 2.05) is 0 Å². The van der Waals surface area contributed by atoms with Gasteiger partial charge in [0.05, 0.1) is 0 Å². The van der Waals surface area contributed by atoms with Gasteiger partial charge in [0.15, 0.2) is 0 Å². The van der Waals surface area contributed by atoms with Crippen LogP contribution in [0.3, 0.4) is 0 Å². The summed E-state index contributed by atoms with van der Waals surface area (Å²) < 4.78 is 0. The molecule has 0 aromatic carbocycles. The maximum atomic E-state index is 6.50. The van der Waals surface area contributed by atoms with Crippen LogP contribution < -0.4 is 5.73 Å². The van der Waals surface area contributed by atoms with Crippen molar-refractivity contribution in [1.29, 1.82) is 0 Å². The molecule has 0 amide bonds. The Labute approximate surface area is 94.2 Å². The maximum Gasteiger partial charge on any atom is 0.0285 e. The lowest BCUT2D eigenvalue weighted by atomic mass is 9.77. The second-order valence-electron chi connectivity index (χ2n) is 6.20. The number of hydrogen-bond donors (Lipinski definition) is 1. The van der Waals surface area contributed by atoms with Crippen LogP contribution in [0.5, 0.6) is 0 Å². The van der Waals surface area contributed by atoms with Crippen molar-refractivity contribution in [2.75, 3.05) is 20.1 Å². The maximum absolute atomic E-state index is 6.50. The minimum atomic E-state index is 0.112. The molecule has 2 nitrogen and oxygen atoms in total. The highest BCUT2D eigenvalue weighted by molar-refractivity contribution is 4.92. The molecule has 2 N–H and O–H groups in total. The zero-order valence-electron chi connectivity index (χ0n) is 10.3. The monoisotopic (exact) mass is 210 g/mol. The van der Waals surface area contributed by atoms with Crippen LogP contribution in [0.15, 0.2) is 0 Å². The summed E-state index contributed by atoms with van der Waals surface area (Å²) in [7, 11) is 2.24. The summed E-state index contributed by atoms with van der Waals surface area (Å²) in [6.07, 6.45) is 8.05. The van der Waals surface area contributed by atoms with Gasteiger partial charge in [-0.05, 0) is 44.6 Å². The molecule has 0 bridgehead atoms. The average Bonchev–Trinajstić information content (AvgIpc) is 2.85. The molecule has 88 valence electrons. The third kappa shape index (κ3) is 3.46. The summed E-state index contributed by atoms with van der Waals surface area (Å²) in [5.41, 5.74) is 6.62. The highest BCUT2D eigenvalue weighted by Crippen LogP contribution is 2.33. The number of rotatable bonds is 4. The van der Waals surface area contributed by atoms with Gasteiger partial charge in [-0.25, -0.2) is 0 Å². The Morgan fingerprint density at radius 1 is 1.33 bits per heavy atom. The highest BCUT2D eigenvalue weighted by atomic mass is 15.1. The quantitative estimate of drug-likeness (QED) is 0.771. The van der Waals surface area contributed by atoms with Crippen LogP contribution in [-0.2, 0) is 0 Å². The van der Waals surface area contributed by atoms with E-state index in [1.165, 1.54) is 45.1 Å². The molecular weight excluding hydrogens is 184 g/mol. The molecule has 2 heteroatoms. The molecule has 2 aliphatic carbocycles. The van der Waals surface area contributed by atoms with E-state index in [0.29, 0.717) is 0 Å². The Morgan fingerprint density at radius 2 is 2.07 bits per heavy atom. The number of nitrogens with two attached hydrogens (primary N) is 1. The van der Waals surface area contributed by atoms with Gasteiger partial charge >= 0.3 is 0 Å². The van der Waals surface area contributed by atoms with Crippen LogP contribution in [0, 0.1) is 11.8 Å². The Hall–Kier alpha value is -0.0800. The molecule has 15 heavy (non-hydrogen) atoms. The first-order chi connectivity index (χ1) is 7.07. The Bertz CT molecular complexity index is 213. The van der Waals surface area contributed by atoms with Crippen LogP contribution in [0.1, 0.15) is 45.4 Å². The van der Waals surface area contributed by atoms with Crippen LogP contribution in [0.4, 0.5) is 0 Å². The first kappa shape index (κ1) is 11.4. The number of nitrogens with zero attached hydrogens (tertiary/aromatic N) is 1. The smallest absolute Gasteiger partial charge is 0.0285 e. The molecule has 0 aromatic heterocycles. The zero-order valence-corrected chi connectivity index (χ0v) is 10.3. The first-order valence-corrected chi connectivity index (χ1v) is 6.55. The lowest BCUT2D eigenvalue weighted by molar-refractivity contribution is 0.166. The van der Waals surface area contributed by atoms with Gasteiger partial charge in [0.2, 0.25) is 0 Å². The van der Waals surface area contributed by atoms with Gasteiger partial charge < -0.3 is 10.6 Å². The Balaban J connectivity index is 1.79. The molecule has 2 unspecified atom stereocenters. The van der Waals surface area contributed by atoms with Gasteiger partial charge in [-0.1, -0.05) is 19.8 Å². The molecule has 0 aromatic rings. The number of hydrogen-bond acceptors (Lipinski definition) is 2. The molecule has 2 atom stereocenters. The molecule has 0 aliphatic heterocycles. The standard InChI is InChI=1S/C13H26N2/c1-11-4-3-7-13(14,8-11)10-15(2)9-12-5-6-12/h11-12H,3-10,14H2,1-2H3. The molecule has 2 fully saturated rings. The fourth-order valence-corrected chi connectivity index (χ4v) is 3.19. The summed E-state index contributed by atoms with van der Waals surface area (Å²) in [6.45, 7) is 4.73. The highest BCUT2D eigenvalue weighted by Gasteiger charge is 2.33. The van der Waals surface area contributed by atoms with Crippen molar-refractivity contribution < 1.29 is 0 Å². The Morgan fingerprint density at radius 3 is 2.67 bits per heavy atom. The fraction of sp³-hybridized carbons (Fsp3) is 1.00. The number of likely N-dealkylation sites (N-methyl/N-ethyl adjacent to an activating group) is 1. The van der Waals surface area contributed by atoms with Gasteiger partial charge in [0, 0.05) is 18.6 Å². The third-order valence-corrected chi connectivity index (χ3v) is 3.98. The lowest BCUT2D eigenvalue weighted by Crippen LogP contribution is -2.52. The molecule has 0 radical (unpaired) electrons. The minimum Gasteiger partial charge on any atom is -0.324 e. The van der Waals surface area contributed by atoms with E-state index in [2.05, 4.69) is 18.9 Å². The Kier molecular flexibility index (Phi) is 3.36. The van der Waals surface area contributed by atoms with Crippen LogP contribution in [0.2, 0.25) is 0 Å².